The van der Waals surface area contributed by atoms with Crippen molar-refractivity contribution in [2.75, 3.05) is 18.5 Å². The normalized spacial score (nSPS) is 12.5. The maximum Gasteiger partial charge on any atom is 0.434 e. The fourth-order valence-corrected chi connectivity index (χ4v) is 5.47. The number of anilines is 1. The number of aliphatic hydroxyl groups excluding tert-OH is 1. The van der Waals surface area contributed by atoms with E-state index in [4.69, 9.17) is 0 Å². The van der Waals surface area contributed by atoms with E-state index in [0.29, 0.717) is 17.8 Å². The molecule has 0 aliphatic carbocycles. The minimum Gasteiger partial charge on any atom is -0.477 e. The Morgan fingerprint density at radius 2 is 1.86 bits per heavy atom. The van der Waals surface area contributed by atoms with E-state index in [2.05, 4.69) is 20.6 Å². The number of thiazole rings is 1. The topological polar surface area (TPSA) is 146 Å². The second-order valence-electron chi connectivity index (χ2n) is 10.0. The highest BCUT2D eigenvalue weighted by molar-refractivity contribution is 7.13. The summed E-state index contributed by atoms with van der Waals surface area (Å²) in [5.41, 5.74) is -3.03. The van der Waals surface area contributed by atoms with E-state index < -0.39 is 53.3 Å². The lowest BCUT2D eigenvalue weighted by atomic mass is 9.97. The summed E-state index contributed by atoms with van der Waals surface area (Å²) in [5, 5.41) is 25.2. The van der Waals surface area contributed by atoms with Crippen molar-refractivity contribution in [1.82, 2.24) is 19.9 Å². The van der Waals surface area contributed by atoms with Gasteiger partial charge in [0.05, 0.1) is 18.2 Å². The Kier molecular flexibility index (Phi) is 9.15. The third-order valence-electron chi connectivity index (χ3n) is 6.50. The number of halogens is 4. The van der Waals surface area contributed by atoms with E-state index in [1.54, 1.807) is 6.92 Å². The lowest BCUT2D eigenvalue weighted by Gasteiger charge is -2.23. The van der Waals surface area contributed by atoms with Gasteiger partial charge in [-0.1, -0.05) is 13.8 Å². The number of carboxylic acids is 1. The van der Waals surface area contributed by atoms with Crippen molar-refractivity contribution in [3.8, 4) is 21.7 Å². The van der Waals surface area contributed by atoms with Gasteiger partial charge >= 0.3 is 18.2 Å². The van der Waals surface area contributed by atoms with Crippen LogP contribution in [0.3, 0.4) is 0 Å². The molecule has 10 nitrogen and oxygen atoms in total. The Balaban J connectivity index is 2.00. The summed E-state index contributed by atoms with van der Waals surface area (Å²) >= 11 is 0.629. The number of aromatic nitrogens is 3. The van der Waals surface area contributed by atoms with Crippen molar-refractivity contribution in [1.29, 1.82) is 0 Å². The highest BCUT2D eigenvalue weighted by Gasteiger charge is 2.34. The second-order valence-corrected chi connectivity index (χ2v) is 10.9. The van der Waals surface area contributed by atoms with Gasteiger partial charge in [-0.3, -0.25) is 10.1 Å². The number of urea groups is 1. The third kappa shape index (κ3) is 6.67. The number of benzene rings is 1. The van der Waals surface area contributed by atoms with Crippen LogP contribution in [0.25, 0.3) is 32.6 Å². The number of hydrogen-bond acceptors (Lipinski definition) is 7. The minimum atomic E-state index is -4.75. The molecule has 0 spiro atoms. The summed E-state index contributed by atoms with van der Waals surface area (Å²) < 4.78 is 57.4. The number of amides is 2. The molecule has 3 aromatic heterocycles. The van der Waals surface area contributed by atoms with Crippen molar-refractivity contribution in [3.63, 3.8) is 0 Å². The lowest BCUT2D eigenvalue weighted by molar-refractivity contribution is -0.140. The van der Waals surface area contributed by atoms with Crippen LogP contribution < -0.4 is 16.1 Å². The second kappa shape index (κ2) is 12.5. The van der Waals surface area contributed by atoms with Crippen LogP contribution in [0.15, 0.2) is 40.8 Å². The number of carbonyl (C=O) groups is 2. The van der Waals surface area contributed by atoms with Gasteiger partial charge in [0.2, 0.25) is 5.43 Å². The first kappa shape index (κ1) is 31.6. The molecule has 0 aliphatic rings. The lowest BCUT2D eigenvalue weighted by Crippen LogP contribution is -2.28. The van der Waals surface area contributed by atoms with Crippen molar-refractivity contribution in [2.24, 2.45) is 5.92 Å². The fraction of sp³-hybridized carbons (Fsp3) is 0.321. The number of carboxylic acid groups (broad SMARTS) is 1. The van der Waals surface area contributed by atoms with E-state index in [1.165, 1.54) is 10.6 Å². The van der Waals surface area contributed by atoms with Gasteiger partial charge in [-0.05, 0) is 37.5 Å². The zero-order valence-electron chi connectivity index (χ0n) is 23.1. The molecule has 0 fully saturated rings. The highest BCUT2D eigenvalue weighted by Crippen LogP contribution is 2.40. The maximum absolute atomic E-state index is 15.9. The molecule has 0 unspecified atom stereocenters. The number of nitrogens with zero attached hydrogens (tertiary/aromatic N) is 3. The average Bonchev–Trinajstić information content (AvgIpc) is 3.43. The van der Waals surface area contributed by atoms with Crippen molar-refractivity contribution < 1.29 is 37.4 Å². The summed E-state index contributed by atoms with van der Waals surface area (Å²) in [5.74, 6) is -2.43. The van der Waals surface area contributed by atoms with Gasteiger partial charge in [-0.2, -0.15) is 13.2 Å². The molecule has 2 amide bonds. The Morgan fingerprint density at radius 3 is 2.44 bits per heavy atom. The van der Waals surface area contributed by atoms with E-state index in [0.717, 1.165) is 29.9 Å². The molecule has 0 radical (unpaired) electrons. The average molecular weight is 622 g/mol. The van der Waals surface area contributed by atoms with Crippen LogP contribution in [0.4, 0.5) is 28.2 Å². The molecule has 228 valence electrons. The maximum atomic E-state index is 15.9. The summed E-state index contributed by atoms with van der Waals surface area (Å²) in [7, 11) is 0. The van der Waals surface area contributed by atoms with Gasteiger partial charge in [0.25, 0.3) is 0 Å². The number of aliphatic hydroxyl groups is 1. The number of fused-ring (bicyclic) bond motifs is 1. The van der Waals surface area contributed by atoms with Crippen LogP contribution in [-0.2, 0) is 6.18 Å². The molecule has 0 saturated carbocycles. The summed E-state index contributed by atoms with van der Waals surface area (Å²) in [6.45, 7) is 5.30. The first-order valence-electron chi connectivity index (χ1n) is 13.1. The first-order valence-corrected chi connectivity index (χ1v) is 13.9. The molecule has 43 heavy (non-hydrogen) atoms. The largest absolute Gasteiger partial charge is 0.477 e. The predicted molar refractivity (Wildman–Crippen MR) is 153 cm³/mol. The molecule has 0 bridgehead atoms. The number of nitrogens with one attached hydrogen (secondary N) is 2. The Bertz CT molecular complexity index is 1750. The SMILES string of the molecule is CCNC(=O)Nc1cc(-c2nc(C(F)(F)F)cs2)c(-c2cc3c(=O)c(C(=O)O)cn([C@H](CO)CC(C)C)c3cc2F)cn1. The van der Waals surface area contributed by atoms with E-state index in [9.17, 15) is 37.8 Å². The molecular weight excluding hydrogens is 594 g/mol. The van der Waals surface area contributed by atoms with E-state index >= 15 is 4.39 Å². The predicted octanol–water partition coefficient (Wildman–Crippen LogP) is 5.76. The van der Waals surface area contributed by atoms with Crippen molar-refractivity contribution >= 4 is 40.1 Å². The standard InChI is InChI=1S/C28H27F4N5O5S/c1-4-33-27(42)36-23-7-16(25-35-22(12-43-25)28(30,31)32)18(9-34-23)15-6-17-21(8-20(15)29)37(14(11-38)5-13(2)3)10-19(24(17)39)26(40)41/h6-10,12-14,38H,4-5,11H2,1-3H3,(H,40,41)(H2,33,34,36,42)/t14-/m0/s1. The molecule has 1 aromatic carbocycles. The number of carbonyl (C=O) groups excluding carboxylic acids is 1. The van der Waals surface area contributed by atoms with Gasteiger partial charge < -0.3 is 20.1 Å². The molecule has 3 heterocycles. The van der Waals surface area contributed by atoms with Crippen molar-refractivity contribution in [3.05, 3.63) is 63.3 Å². The summed E-state index contributed by atoms with van der Waals surface area (Å²) in [4.78, 5) is 45.1. The van der Waals surface area contributed by atoms with E-state index in [-0.39, 0.29) is 50.9 Å². The van der Waals surface area contributed by atoms with E-state index in [1.807, 2.05) is 13.8 Å². The van der Waals surface area contributed by atoms with Crippen LogP contribution in [0.5, 0.6) is 0 Å². The molecule has 15 heteroatoms. The van der Waals surface area contributed by atoms with Crippen molar-refractivity contribution in [2.45, 2.75) is 39.4 Å². The molecule has 0 saturated heterocycles. The number of hydrogen-bond donors (Lipinski definition) is 4. The first-order chi connectivity index (χ1) is 20.2. The van der Waals surface area contributed by atoms with Crippen LogP contribution >= 0.6 is 11.3 Å². The number of alkyl halides is 3. The number of pyridine rings is 2. The van der Waals surface area contributed by atoms with Gasteiger partial charge in [0.15, 0.2) is 5.69 Å². The Morgan fingerprint density at radius 1 is 1.14 bits per heavy atom. The molecule has 4 N–H and O–H groups in total. The zero-order chi connectivity index (χ0) is 31.6. The molecule has 1 atom stereocenters. The van der Waals surface area contributed by atoms with Crippen LogP contribution in [0.1, 0.15) is 49.3 Å². The monoisotopic (exact) mass is 621 g/mol. The molecule has 4 aromatic rings. The smallest absolute Gasteiger partial charge is 0.434 e. The number of rotatable bonds is 9. The minimum absolute atomic E-state index is 0.0218. The van der Waals surface area contributed by atoms with Gasteiger partial charge in [-0.15, -0.1) is 11.3 Å². The van der Waals surface area contributed by atoms with Gasteiger partial charge in [0, 0.05) is 46.4 Å². The van der Waals surface area contributed by atoms with Gasteiger partial charge in [-0.25, -0.2) is 23.9 Å². The highest BCUT2D eigenvalue weighted by atomic mass is 32.1. The van der Waals surface area contributed by atoms with Crippen LogP contribution in [0.2, 0.25) is 0 Å². The number of aromatic carboxylic acids is 1. The Hall–Kier alpha value is -4.37. The van der Waals surface area contributed by atoms with Crippen LogP contribution in [0, 0.1) is 11.7 Å². The third-order valence-corrected chi connectivity index (χ3v) is 7.37. The molecular formula is C28H27F4N5O5S. The summed E-state index contributed by atoms with van der Waals surface area (Å²) in [6, 6.07) is 2.02. The molecule has 4 rings (SSSR count). The Labute approximate surface area is 246 Å². The van der Waals surface area contributed by atoms with Crippen LogP contribution in [-0.4, -0.2) is 49.9 Å². The quantitative estimate of drug-likeness (QED) is 0.174. The zero-order valence-corrected chi connectivity index (χ0v) is 23.9. The molecule has 0 aliphatic heterocycles. The summed E-state index contributed by atoms with van der Waals surface area (Å²) in [6.07, 6.45) is -2.19. The van der Waals surface area contributed by atoms with Gasteiger partial charge in [0.1, 0.15) is 22.2 Å². The fourth-order valence-electron chi connectivity index (χ4n) is 4.62.